The monoisotopic (exact) mass is 447 g/mol. The Morgan fingerprint density at radius 3 is 2.50 bits per heavy atom. The van der Waals surface area contributed by atoms with Gasteiger partial charge in [0.2, 0.25) is 0 Å². The molecule has 3 aliphatic carbocycles. The minimum absolute atomic E-state index is 0. The second-order valence-electron chi connectivity index (χ2n) is 8.11. The molecule has 0 aromatic heterocycles. The smallest absolute Gasteiger partial charge is 0.191 e. The van der Waals surface area contributed by atoms with Gasteiger partial charge in [-0.2, -0.15) is 0 Å². The van der Waals surface area contributed by atoms with E-state index in [2.05, 4.69) is 17.6 Å². The van der Waals surface area contributed by atoms with Gasteiger partial charge >= 0.3 is 0 Å². The molecule has 4 nitrogen and oxygen atoms in total. The Balaban J connectivity index is 0.00000169. The van der Waals surface area contributed by atoms with E-state index in [4.69, 9.17) is 9.73 Å². The number of hydrogen-bond donors (Lipinski definition) is 2. The highest BCUT2D eigenvalue weighted by atomic mass is 127. The first-order valence-electron chi connectivity index (χ1n) is 10.0. The number of nitrogens with one attached hydrogen (secondary N) is 2. The molecule has 3 saturated carbocycles. The first kappa shape index (κ1) is 18.7. The number of fused-ring (bicyclic) bond motifs is 2. The van der Waals surface area contributed by atoms with Gasteiger partial charge in [-0.3, -0.25) is 4.99 Å². The molecule has 3 atom stereocenters. The minimum atomic E-state index is 0. The number of halogens is 1. The molecule has 138 valence electrons. The Morgan fingerprint density at radius 1 is 1.04 bits per heavy atom. The van der Waals surface area contributed by atoms with Gasteiger partial charge in [-0.1, -0.05) is 32.1 Å². The third-order valence-corrected chi connectivity index (χ3v) is 6.84. The zero-order valence-electron chi connectivity index (χ0n) is 15.1. The summed E-state index contributed by atoms with van der Waals surface area (Å²) < 4.78 is 6.11. The summed E-state index contributed by atoms with van der Waals surface area (Å²) in [5.41, 5.74) is 0.407. The number of hydrogen-bond acceptors (Lipinski definition) is 2. The van der Waals surface area contributed by atoms with Crippen LogP contribution in [0.15, 0.2) is 4.99 Å². The number of ether oxygens (including phenoxy) is 1. The normalized spacial score (nSPS) is 35.2. The topological polar surface area (TPSA) is 45.7 Å². The second kappa shape index (κ2) is 8.11. The molecule has 1 aliphatic heterocycles. The van der Waals surface area contributed by atoms with Crippen molar-refractivity contribution in [3.63, 3.8) is 0 Å². The van der Waals surface area contributed by atoms with Gasteiger partial charge in [-0.25, -0.2) is 0 Å². The van der Waals surface area contributed by atoms with Gasteiger partial charge in [0, 0.05) is 36.6 Å². The number of guanidine groups is 1. The Labute approximate surface area is 164 Å². The van der Waals surface area contributed by atoms with E-state index < -0.39 is 0 Å². The maximum Gasteiger partial charge on any atom is 0.191 e. The molecule has 0 aromatic carbocycles. The summed E-state index contributed by atoms with van der Waals surface area (Å²) in [5.74, 6) is 1.78. The van der Waals surface area contributed by atoms with E-state index >= 15 is 0 Å². The van der Waals surface area contributed by atoms with Crippen LogP contribution in [-0.4, -0.2) is 37.3 Å². The van der Waals surface area contributed by atoms with E-state index in [1.807, 2.05) is 0 Å². The lowest BCUT2D eigenvalue weighted by atomic mass is 9.54. The average Bonchev–Trinajstić information content (AvgIpc) is 3.22. The highest BCUT2D eigenvalue weighted by Crippen LogP contribution is 2.60. The van der Waals surface area contributed by atoms with E-state index in [-0.39, 0.29) is 24.0 Å². The maximum absolute atomic E-state index is 6.11. The van der Waals surface area contributed by atoms with E-state index in [0.29, 0.717) is 29.5 Å². The molecule has 0 radical (unpaired) electrons. The van der Waals surface area contributed by atoms with Crippen molar-refractivity contribution in [3.05, 3.63) is 0 Å². The van der Waals surface area contributed by atoms with Gasteiger partial charge in [-0.05, 0) is 39.0 Å². The van der Waals surface area contributed by atoms with Crippen molar-refractivity contribution >= 4 is 29.9 Å². The van der Waals surface area contributed by atoms with Crippen LogP contribution in [0.5, 0.6) is 0 Å². The third kappa shape index (κ3) is 3.31. The van der Waals surface area contributed by atoms with Crippen LogP contribution < -0.4 is 10.6 Å². The summed E-state index contributed by atoms with van der Waals surface area (Å²) in [5, 5.41) is 7.61. The molecule has 24 heavy (non-hydrogen) atoms. The molecule has 0 aromatic rings. The van der Waals surface area contributed by atoms with Crippen LogP contribution in [0.3, 0.4) is 0 Å². The Kier molecular flexibility index (Phi) is 6.33. The molecule has 1 saturated heterocycles. The molecule has 2 N–H and O–H groups in total. The number of nitrogens with zero attached hydrogens (tertiary/aromatic N) is 1. The van der Waals surface area contributed by atoms with Gasteiger partial charge < -0.3 is 15.4 Å². The molecule has 0 bridgehead atoms. The highest BCUT2D eigenvalue weighted by molar-refractivity contribution is 14.0. The van der Waals surface area contributed by atoms with Crippen molar-refractivity contribution < 1.29 is 4.74 Å². The fourth-order valence-corrected chi connectivity index (χ4v) is 5.78. The van der Waals surface area contributed by atoms with Gasteiger partial charge in [0.15, 0.2) is 5.96 Å². The molecular weight excluding hydrogens is 413 g/mol. The van der Waals surface area contributed by atoms with Crippen LogP contribution in [0.2, 0.25) is 0 Å². The zero-order chi connectivity index (χ0) is 15.7. The van der Waals surface area contributed by atoms with Gasteiger partial charge in [0.05, 0.1) is 6.10 Å². The minimum Gasteiger partial charge on any atom is -0.377 e. The lowest BCUT2D eigenvalue weighted by Gasteiger charge is -2.57. The quantitative estimate of drug-likeness (QED) is 0.393. The van der Waals surface area contributed by atoms with Crippen LogP contribution in [-0.2, 0) is 4.74 Å². The molecule has 5 heteroatoms. The summed E-state index contributed by atoms with van der Waals surface area (Å²) in [6.45, 7) is 3.95. The molecular formula is C19H34IN3O. The van der Waals surface area contributed by atoms with E-state index in [1.165, 1.54) is 64.2 Å². The molecule has 4 fully saturated rings. The highest BCUT2D eigenvalue weighted by Gasteiger charge is 2.65. The van der Waals surface area contributed by atoms with Crippen LogP contribution in [0.25, 0.3) is 0 Å². The van der Waals surface area contributed by atoms with Crippen molar-refractivity contribution in [1.82, 2.24) is 10.6 Å². The van der Waals surface area contributed by atoms with Gasteiger partial charge in [-0.15, -0.1) is 24.0 Å². The van der Waals surface area contributed by atoms with Crippen LogP contribution in [0, 0.1) is 11.3 Å². The summed E-state index contributed by atoms with van der Waals surface area (Å²) in [6, 6.07) is 1.20. The average molecular weight is 447 g/mol. The summed E-state index contributed by atoms with van der Waals surface area (Å²) in [4.78, 5) is 4.76. The van der Waals surface area contributed by atoms with Crippen molar-refractivity contribution in [1.29, 1.82) is 0 Å². The number of rotatable bonds is 3. The van der Waals surface area contributed by atoms with Crippen LogP contribution in [0.4, 0.5) is 0 Å². The summed E-state index contributed by atoms with van der Waals surface area (Å²) >= 11 is 0. The van der Waals surface area contributed by atoms with Crippen LogP contribution in [0.1, 0.15) is 71.1 Å². The standard InChI is InChI=1S/C19H33N3O.HI/c1-2-20-18(21-14-8-4-3-5-9-14)22-16-15-10-13-23-17(15)19(16)11-6-7-12-19;/h14-17H,2-13H2,1H3,(H2,20,21,22);1H. The Bertz CT molecular complexity index is 444. The predicted octanol–water partition coefficient (Wildman–Crippen LogP) is 3.84. The summed E-state index contributed by atoms with van der Waals surface area (Å²) in [6.07, 6.45) is 13.9. The van der Waals surface area contributed by atoms with Gasteiger partial charge in [0.1, 0.15) is 0 Å². The predicted molar refractivity (Wildman–Crippen MR) is 109 cm³/mol. The number of aliphatic imine (C=N–C) groups is 1. The molecule has 0 amide bonds. The second-order valence-corrected chi connectivity index (χ2v) is 8.11. The van der Waals surface area contributed by atoms with Crippen molar-refractivity contribution in [2.45, 2.75) is 89.3 Å². The van der Waals surface area contributed by atoms with E-state index in [0.717, 1.165) is 19.1 Å². The van der Waals surface area contributed by atoms with E-state index in [9.17, 15) is 0 Å². The fraction of sp³-hybridized carbons (Fsp3) is 0.947. The van der Waals surface area contributed by atoms with Crippen molar-refractivity contribution in [3.8, 4) is 0 Å². The molecule has 4 rings (SSSR count). The largest absolute Gasteiger partial charge is 0.377 e. The fourth-order valence-electron chi connectivity index (χ4n) is 5.78. The van der Waals surface area contributed by atoms with Crippen molar-refractivity contribution in [2.75, 3.05) is 13.2 Å². The Hall–Kier alpha value is -0.0400. The lowest BCUT2D eigenvalue weighted by molar-refractivity contribution is -0.125. The van der Waals surface area contributed by atoms with Gasteiger partial charge in [0.25, 0.3) is 0 Å². The van der Waals surface area contributed by atoms with E-state index in [1.54, 1.807) is 0 Å². The molecule has 1 spiro atoms. The lowest BCUT2D eigenvalue weighted by Crippen LogP contribution is -2.69. The first-order chi connectivity index (χ1) is 11.3. The molecule has 4 aliphatic rings. The third-order valence-electron chi connectivity index (χ3n) is 6.84. The molecule has 1 heterocycles. The first-order valence-corrected chi connectivity index (χ1v) is 10.0. The zero-order valence-corrected chi connectivity index (χ0v) is 17.4. The summed E-state index contributed by atoms with van der Waals surface area (Å²) in [7, 11) is 0. The van der Waals surface area contributed by atoms with Crippen LogP contribution >= 0.6 is 24.0 Å². The Morgan fingerprint density at radius 2 is 1.79 bits per heavy atom. The SMILES string of the molecule is CCN=C(NC1CCCCC1)NC1C2CCOC2C12CCCC2.I. The maximum atomic E-state index is 6.11. The van der Waals surface area contributed by atoms with Crippen molar-refractivity contribution in [2.24, 2.45) is 16.3 Å². The molecule has 3 unspecified atom stereocenters.